The lowest BCUT2D eigenvalue weighted by atomic mass is 9.95. The van der Waals surface area contributed by atoms with E-state index in [0.717, 1.165) is 5.56 Å². The van der Waals surface area contributed by atoms with Crippen LogP contribution < -0.4 is 9.47 Å². The Balaban J connectivity index is 1.69. The molecule has 3 aromatic rings. The number of hydrogen-bond donors (Lipinski definition) is 1. The number of carbonyl (C=O) groups excluding carboxylic acids is 2. The van der Waals surface area contributed by atoms with E-state index in [2.05, 4.69) is 0 Å². The van der Waals surface area contributed by atoms with Crippen molar-refractivity contribution in [2.24, 2.45) is 0 Å². The van der Waals surface area contributed by atoms with Gasteiger partial charge in [-0.1, -0.05) is 42.5 Å². The molecule has 0 saturated carbocycles. The molecule has 8 heteroatoms. The Morgan fingerprint density at radius 2 is 1.86 bits per heavy atom. The van der Waals surface area contributed by atoms with E-state index in [-0.39, 0.29) is 11.4 Å². The molecule has 0 spiro atoms. The van der Waals surface area contributed by atoms with Crippen LogP contribution in [0.1, 0.15) is 26.8 Å². The molecule has 35 heavy (non-hydrogen) atoms. The summed E-state index contributed by atoms with van der Waals surface area (Å²) in [6.07, 6.45) is 0. The number of nitrogens with zero attached hydrogens (tertiary/aromatic N) is 2. The van der Waals surface area contributed by atoms with Gasteiger partial charge in [0.15, 0.2) is 17.3 Å². The number of aliphatic hydroxyl groups excluding tert-OH is 1. The molecular weight excluding hydrogens is 464 g/mol. The minimum atomic E-state index is -0.742. The second-order valence-electron chi connectivity index (χ2n) is 8.46. The Kier molecular flexibility index (Phi) is 7.53. The highest BCUT2D eigenvalue weighted by Gasteiger charge is 2.44. The number of likely N-dealkylation sites (N-methyl/N-ethyl adjacent to an activating group) is 1. The number of hydrogen-bond acceptors (Lipinski definition) is 7. The van der Waals surface area contributed by atoms with Gasteiger partial charge >= 0.3 is 0 Å². The molecule has 0 saturated heterocycles. The van der Waals surface area contributed by atoms with Crippen LogP contribution in [-0.2, 0) is 11.4 Å². The van der Waals surface area contributed by atoms with Crippen molar-refractivity contribution in [3.8, 4) is 11.5 Å². The summed E-state index contributed by atoms with van der Waals surface area (Å²) in [5.74, 6) is -0.390. The normalized spacial score (nSPS) is 15.7. The lowest BCUT2D eigenvalue weighted by Crippen LogP contribution is -2.36. The zero-order valence-electron chi connectivity index (χ0n) is 19.9. The van der Waals surface area contributed by atoms with Crippen molar-refractivity contribution >= 4 is 23.0 Å². The highest BCUT2D eigenvalue weighted by Crippen LogP contribution is 2.42. The van der Waals surface area contributed by atoms with Crippen molar-refractivity contribution in [3.63, 3.8) is 0 Å². The molecule has 0 fully saturated rings. The van der Waals surface area contributed by atoms with Crippen molar-refractivity contribution < 1.29 is 24.2 Å². The maximum atomic E-state index is 13.4. The monoisotopic (exact) mass is 492 g/mol. The van der Waals surface area contributed by atoms with E-state index in [9.17, 15) is 14.7 Å². The molecule has 1 amide bonds. The van der Waals surface area contributed by atoms with Crippen LogP contribution in [0.2, 0.25) is 0 Å². The van der Waals surface area contributed by atoms with Gasteiger partial charge in [0.25, 0.3) is 5.91 Å². The van der Waals surface area contributed by atoms with Gasteiger partial charge in [-0.15, -0.1) is 11.3 Å². The first-order valence-electron chi connectivity index (χ1n) is 11.2. The first-order chi connectivity index (χ1) is 16.9. The van der Waals surface area contributed by atoms with Crippen LogP contribution in [0.5, 0.6) is 11.5 Å². The summed E-state index contributed by atoms with van der Waals surface area (Å²) in [6.45, 7) is 1.29. The van der Waals surface area contributed by atoms with Crippen LogP contribution in [0.3, 0.4) is 0 Å². The number of ether oxygens (including phenoxy) is 2. The van der Waals surface area contributed by atoms with E-state index in [4.69, 9.17) is 9.47 Å². The first-order valence-corrected chi connectivity index (χ1v) is 12.1. The lowest BCUT2D eigenvalue weighted by molar-refractivity contribution is -0.129. The maximum Gasteiger partial charge on any atom is 0.290 e. The predicted molar refractivity (Wildman–Crippen MR) is 135 cm³/mol. The van der Waals surface area contributed by atoms with Gasteiger partial charge in [-0.05, 0) is 48.8 Å². The second-order valence-corrected chi connectivity index (χ2v) is 9.41. The topological polar surface area (TPSA) is 79.3 Å². The molecule has 2 heterocycles. The van der Waals surface area contributed by atoms with Gasteiger partial charge in [0, 0.05) is 13.1 Å². The third-order valence-electron chi connectivity index (χ3n) is 5.82. The van der Waals surface area contributed by atoms with Gasteiger partial charge in [0.1, 0.15) is 6.61 Å². The quantitative estimate of drug-likeness (QED) is 0.421. The summed E-state index contributed by atoms with van der Waals surface area (Å²) in [5.41, 5.74) is 1.76. The van der Waals surface area contributed by atoms with E-state index in [1.165, 1.54) is 16.2 Å². The molecule has 1 unspecified atom stereocenters. The summed E-state index contributed by atoms with van der Waals surface area (Å²) in [4.78, 5) is 30.4. The molecule has 0 bridgehead atoms. The number of amides is 1. The molecule has 0 aliphatic carbocycles. The molecule has 1 aliphatic heterocycles. The van der Waals surface area contributed by atoms with E-state index in [0.29, 0.717) is 41.6 Å². The molecule has 182 valence electrons. The largest absolute Gasteiger partial charge is 0.503 e. The van der Waals surface area contributed by atoms with Gasteiger partial charge in [0.05, 0.1) is 23.6 Å². The highest BCUT2D eigenvalue weighted by molar-refractivity contribution is 7.12. The van der Waals surface area contributed by atoms with Crippen molar-refractivity contribution in [1.29, 1.82) is 0 Å². The Hall–Kier alpha value is -3.62. The number of Topliss-reactive ketones (excluding diaryl/α,β-unsaturated/α-hetero) is 1. The SMILES string of the molecule is COc1cc(C2C(C(=O)c3cccs3)=C(O)C(=O)N2CCN(C)C)ccc1OCc1ccccc1. The zero-order chi connectivity index (χ0) is 24.9. The molecule has 1 N–H and O–H groups in total. The van der Waals surface area contributed by atoms with Gasteiger partial charge in [-0.3, -0.25) is 9.59 Å². The van der Waals surface area contributed by atoms with Gasteiger partial charge < -0.3 is 24.4 Å². The van der Waals surface area contributed by atoms with E-state index < -0.39 is 17.7 Å². The number of ketones is 1. The van der Waals surface area contributed by atoms with Crippen LogP contribution >= 0.6 is 11.3 Å². The Bertz CT molecular complexity index is 1220. The average molecular weight is 493 g/mol. The molecule has 2 aromatic carbocycles. The number of carbonyl (C=O) groups is 2. The third kappa shape index (κ3) is 5.23. The fraction of sp³-hybridized carbons (Fsp3) is 0.259. The minimum absolute atomic E-state index is 0.0798. The number of benzene rings is 2. The first kappa shape index (κ1) is 24.5. The standard InChI is InChI=1S/C27H28N2O5S/c1-28(2)13-14-29-24(23(26(31)27(29)32)25(30)22-10-7-15-35-22)19-11-12-20(21(16-19)33-3)34-17-18-8-5-4-6-9-18/h4-12,15-16,24,31H,13-14,17H2,1-3H3. The summed E-state index contributed by atoms with van der Waals surface area (Å²) in [5, 5.41) is 12.6. The smallest absolute Gasteiger partial charge is 0.290 e. The summed E-state index contributed by atoms with van der Waals surface area (Å²) in [6, 6.07) is 17.9. The average Bonchev–Trinajstić information content (AvgIpc) is 3.49. The Labute approximate surface area is 208 Å². The zero-order valence-corrected chi connectivity index (χ0v) is 20.7. The predicted octanol–water partition coefficient (Wildman–Crippen LogP) is 4.48. The lowest BCUT2D eigenvalue weighted by Gasteiger charge is -2.28. The molecule has 7 nitrogen and oxygen atoms in total. The van der Waals surface area contributed by atoms with Gasteiger partial charge in [0.2, 0.25) is 5.78 Å². The molecular formula is C27H28N2O5S. The van der Waals surface area contributed by atoms with E-state index in [1.807, 2.05) is 55.4 Å². The van der Waals surface area contributed by atoms with Crippen molar-refractivity contribution in [2.75, 3.05) is 34.3 Å². The van der Waals surface area contributed by atoms with Crippen LogP contribution in [0.15, 0.2) is 77.4 Å². The minimum Gasteiger partial charge on any atom is -0.503 e. The molecule has 1 atom stereocenters. The number of rotatable bonds is 10. The summed E-state index contributed by atoms with van der Waals surface area (Å²) >= 11 is 1.27. The number of thiophene rings is 1. The van der Waals surface area contributed by atoms with Crippen LogP contribution in [0, 0.1) is 0 Å². The molecule has 0 radical (unpaired) electrons. The number of aliphatic hydroxyl groups is 1. The Morgan fingerprint density at radius 3 is 2.51 bits per heavy atom. The highest BCUT2D eigenvalue weighted by atomic mass is 32.1. The fourth-order valence-electron chi connectivity index (χ4n) is 4.02. The van der Waals surface area contributed by atoms with E-state index >= 15 is 0 Å². The van der Waals surface area contributed by atoms with Crippen LogP contribution in [0.25, 0.3) is 0 Å². The fourth-order valence-corrected chi connectivity index (χ4v) is 4.70. The van der Waals surface area contributed by atoms with Crippen LogP contribution in [-0.4, -0.2) is 60.9 Å². The molecule has 4 rings (SSSR count). The van der Waals surface area contributed by atoms with Crippen LogP contribution in [0.4, 0.5) is 0 Å². The second kappa shape index (κ2) is 10.8. The van der Waals surface area contributed by atoms with Gasteiger partial charge in [-0.25, -0.2) is 0 Å². The van der Waals surface area contributed by atoms with Gasteiger partial charge in [-0.2, -0.15) is 0 Å². The maximum absolute atomic E-state index is 13.4. The molecule has 1 aromatic heterocycles. The summed E-state index contributed by atoms with van der Waals surface area (Å²) in [7, 11) is 5.36. The van der Waals surface area contributed by atoms with E-state index in [1.54, 1.807) is 36.8 Å². The van der Waals surface area contributed by atoms with Crippen molar-refractivity contribution in [1.82, 2.24) is 9.80 Å². The summed E-state index contributed by atoms with van der Waals surface area (Å²) < 4.78 is 11.6. The number of methoxy groups -OCH3 is 1. The van der Waals surface area contributed by atoms with Crippen molar-refractivity contribution in [3.05, 3.63) is 93.4 Å². The Morgan fingerprint density at radius 1 is 1.09 bits per heavy atom. The van der Waals surface area contributed by atoms with Crippen molar-refractivity contribution in [2.45, 2.75) is 12.6 Å². The molecule has 1 aliphatic rings. The third-order valence-corrected chi connectivity index (χ3v) is 6.69.